The van der Waals surface area contributed by atoms with E-state index in [1.54, 1.807) is 0 Å². The Kier molecular flexibility index (Phi) is 5.65. The van der Waals surface area contributed by atoms with Crippen molar-refractivity contribution in [3.8, 4) is 5.75 Å². The lowest BCUT2D eigenvalue weighted by Crippen LogP contribution is -2.35. The van der Waals surface area contributed by atoms with Crippen LogP contribution < -0.4 is 15.8 Å². The van der Waals surface area contributed by atoms with Crippen molar-refractivity contribution >= 4 is 11.6 Å². The number of hydrogen-bond acceptors (Lipinski definition) is 3. The van der Waals surface area contributed by atoms with Crippen LogP contribution in [0.25, 0.3) is 0 Å². The number of hydrogen-bond donors (Lipinski definition) is 2. The maximum absolute atomic E-state index is 13.6. The highest BCUT2D eigenvalue weighted by atomic mass is 19.3. The van der Waals surface area contributed by atoms with Crippen LogP contribution in [0.15, 0.2) is 18.2 Å². The first-order valence-electron chi connectivity index (χ1n) is 7.25. The fourth-order valence-corrected chi connectivity index (χ4v) is 2.71. The van der Waals surface area contributed by atoms with E-state index >= 15 is 0 Å². The SMILES string of the molecule is NC1CCCCC1CC(=O)Nc1ccc(OC(F)F)c(F)c1. The molecule has 0 radical (unpaired) electrons. The lowest BCUT2D eigenvalue weighted by Gasteiger charge is -2.27. The molecule has 1 aromatic rings. The van der Waals surface area contributed by atoms with Gasteiger partial charge in [0.1, 0.15) is 0 Å². The maximum atomic E-state index is 13.6. The quantitative estimate of drug-likeness (QED) is 0.876. The van der Waals surface area contributed by atoms with Crippen molar-refractivity contribution in [1.29, 1.82) is 0 Å². The average molecular weight is 316 g/mol. The van der Waals surface area contributed by atoms with Crippen LogP contribution in [0, 0.1) is 11.7 Å². The minimum Gasteiger partial charge on any atom is -0.432 e. The first kappa shape index (κ1) is 16.6. The molecular weight excluding hydrogens is 297 g/mol. The molecule has 2 unspecified atom stereocenters. The van der Waals surface area contributed by atoms with E-state index in [0.717, 1.165) is 37.8 Å². The smallest absolute Gasteiger partial charge is 0.387 e. The molecule has 1 aromatic carbocycles. The third kappa shape index (κ3) is 4.62. The van der Waals surface area contributed by atoms with Gasteiger partial charge in [0, 0.05) is 24.2 Å². The van der Waals surface area contributed by atoms with Crippen molar-refractivity contribution in [3.63, 3.8) is 0 Å². The number of carbonyl (C=O) groups is 1. The van der Waals surface area contributed by atoms with Crippen LogP contribution in [-0.4, -0.2) is 18.6 Å². The molecule has 122 valence electrons. The van der Waals surface area contributed by atoms with Crippen LogP contribution in [0.4, 0.5) is 18.9 Å². The van der Waals surface area contributed by atoms with Gasteiger partial charge in [-0.05, 0) is 30.9 Å². The summed E-state index contributed by atoms with van der Waals surface area (Å²) in [7, 11) is 0. The third-order valence-corrected chi connectivity index (χ3v) is 3.85. The highest BCUT2D eigenvalue weighted by molar-refractivity contribution is 5.91. The van der Waals surface area contributed by atoms with E-state index < -0.39 is 18.2 Å². The van der Waals surface area contributed by atoms with E-state index in [-0.39, 0.29) is 30.0 Å². The molecule has 0 saturated heterocycles. The van der Waals surface area contributed by atoms with Crippen LogP contribution in [0.1, 0.15) is 32.1 Å². The van der Waals surface area contributed by atoms with Gasteiger partial charge in [0.05, 0.1) is 0 Å². The van der Waals surface area contributed by atoms with Crippen molar-refractivity contribution in [2.24, 2.45) is 11.7 Å². The van der Waals surface area contributed by atoms with Crippen LogP contribution in [0.2, 0.25) is 0 Å². The molecule has 2 rings (SSSR count). The van der Waals surface area contributed by atoms with Crippen molar-refractivity contribution < 1.29 is 22.7 Å². The molecule has 0 aliphatic heterocycles. The van der Waals surface area contributed by atoms with Crippen molar-refractivity contribution in [1.82, 2.24) is 0 Å². The molecule has 3 N–H and O–H groups in total. The maximum Gasteiger partial charge on any atom is 0.387 e. The number of nitrogens with one attached hydrogen (secondary N) is 1. The molecule has 22 heavy (non-hydrogen) atoms. The minimum absolute atomic E-state index is 0.0121. The highest BCUT2D eigenvalue weighted by Gasteiger charge is 2.24. The van der Waals surface area contributed by atoms with Crippen molar-refractivity contribution in [2.45, 2.75) is 44.8 Å². The summed E-state index contributed by atoms with van der Waals surface area (Å²) in [5.41, 5.74) is 6.19. The molecule has 1 aliphatic rings. The van der Waals surface area contributed by atoms with Gasteiger partial charge in [-0.2, -0.15) is 8.78 Å². The number of anilines is 1. The summed E-state index contributed by atoms with van der Waals surface area (Å²) in [5, 5.41) is 2.55. The summed E-state index contributed by atoms with van der Waals surface area (Å²) >= 11 is 0. The van der Waals surface area contributed by atoms with Gasteiger partial charge in [-0.3, -0.25) is 4.79 Å². The Hall–Kier alpha value is -1.76. The van der Waals surface area contributed by atoms with Crippen LogP contribution in [0.5, 0.6) is 5.75 Å². The van der Waals surface area contributed by atoms with Crippen molar-refractivity contribution in [2.75, 3.05) is 5.32 Å². The average Bonchev–Trinajstić information content (AvgIpc) is 2.44. The lowest BCUT2D eigenvalue weighted by atomic mass is 9.83. The Labute approximate surface area is 126 Å². The first-order chi connectivity index (χ1) is 10.5. The van der Waals surface area contributed by atoms with E-state index in [9.17, 15) is 18.0 Å². The molecule has 0 bridgehead atoms. The molecule has 7 heteroatoms. The Balaban J connectivity index is 1.92. The van der Waals surface area contributed by atoms with Gasteiger partial charge >= 0.3 is 6.61 Å². The van der Waals surface area contributed by atoms with Crippen LogP contribution >= 0.6 is 0 Å². The molecule has 0 spiro atoms. The van der Waals surface area contributed by atoms with Gasteiger partial charge in [-0.1, -0.05) is 12.8 Å². The number of amides is 1. The summed E-state index contributed by atoms with van der Waals surface area (Å²) < 4.78 is 41.6. The monoisotopic (exact) mass is 316 g/mol. The molecule has 1 fully saturated rings. The highest BCUT2D eigenvalue weighted by Crippen LogP contribution is 2.27. The zero-order valence-corrected chi connectivity index (χ0v) is 12.0. The predicted molar refractivity (Wildman–Crippen MR) is 76.2 cm³/mol. The van der Waals surface area contributed by atoms with Crippen LogP contribution in [-0.2, 0) is 4.79 Å². The number of alkyl halides is 2. The number of halogens is 3. The zero-order chi connectivity index (χ0) is 16.1. The zero-order valence-electron chi connectivity index (χ0n) is 12.0. The summed E-state index contributed by atoms with van der Waals surface area (Å²) in [4.78, 5) is 12.0. The molecule has 2 atom stereocenters. The molecule has 4 nitrogen and oxygen atoms in total. The second-order valence-corrected chi connectivity index (χ2v) is 5.48. The second-order valence-electron chi connectivity index (χ2n) is 5.48. The minimum atomic E-state index is -3.09. The summed E-state index contributed by atoms with van der Waals surface area (Å²) in [5.74, 6) is -1.64. The summed E-state index contributed by atoms with van der Waals surface area (Å²) in [6.45, 7) is -3.09. The molecule has 1 amide bonds. The molecule has 0 aromatic heterocycles. The largest absolute Gasteiger partial charge is 0.432 e. The van der Waals surface area contributed by atoms with Gasteiger partial charge in [0.15, 0.2) is 11.6 Å². The van der Waals surface area contributed by atoms with E-state index in [4.69, 9.17) is 5.73 Å². The molecule has 0 heterocycles. The lowest BCUT2D eigenvalue weighted by molar-refractivity contribution is -0.117. The Bertz CT molecular complexity index is 526. The fraction of sp³-hybridized carbons (Fsp3) is 0.533. The van der Waals surface area contributed by atoms with E-state index in [0.29, 0.717) is 0 Å². The predicted octanol–water partition coefficient (Wildman–Crippen LogP) is 3.27. The van der Waals surface area contributed by atoms with E-state index in [1.165, 1.54) is 6.07 Å². The standard InChI is InChI=1S/C15H19F3N2O2/c16-11-8-10(5-6-13(11)22-15(17)18)20-14(21)7-9-3-1-2-4-12(9)19/h5-6,8-9,12,15H,1-4,7,19H2,(H,20,21). The van der Waals surface area contributed by atoms with Crippen LogP contribution in [0.3, 0.4) is 0 Å². The molecular formula is C15H19F3N2O2. The Morgan fingerprint density at radius 2 is 2.09 bits per heavy atom. The van der Waals surface area contributed by atoms with Crippen molar-refractivity contribution in [3.05, 3.63) is 24.0 Å². The van der Waals surface area contributed by atoms with Gasteiger partial charge in [-0.25, -0.2) is 4.39 Å². The molecule has 1 aliphatic carbocycles. The van der Waals surface area contributed by atoms with Gasteiger partial charge < -0.3 is 15.8 Å². The molecule has 1 saturated carbocycles. The number of carbonyl (C=O) groups excluding carboxylic acids is 1. The number of benzene rings is 1. The van der Waals surface area contributed by atoms with Gasteiger partial charge in [-0.15, -0.1) is 0 Å². The van der Waals surface area contributed by atoms with Gasteiger partial charge in [0.2, 0.25) is 5.91 Å². The number of rotatable bonds is 5. The Morgan fingerprint density at radius 3 is 2.73 bits per heavy atom. The van der Waals surface area contributed by atoms with Gasteiger partial charge in [0.25, 0.3) is 0 Å². The summed E-state index contributed by atoms with van der Waals surface area (Å²) in [6.07, 6.45) is 4.23. The topological polar surface area (TPSA) is 64.4 Å². The fourth-order valence-electron chi connectivity index (χ4n) is 2.71. The first-order valence-corrected chi connectivity index (χ1v) is 7.25. The third-order valence-electron chi connectivity index (χ3n) is 3.85. The second kappa shape index (κ2) is 7.49. The van der Waals surface area contributed by atoms with E-state index in [2.05, 4.69) is 10.1 Å². The number of nitrogens with two attached hydrogens (primary N) is 1. The van der Waals surface area contributed by atoms with E-state index in [1.807, 2.05) is 0 Å². The Morgan fingerprint density at radius 1 is 1.36 bits per heavy atom. The summed E-state index contributed by atoms with van der Waals surface area (Å²) in [6, 6.07) is 3.34. The normalized spacial score (nSPS) is 21.7. The number of ether oxygens (including phenoxy) is 1.